The van der Waals surface area contributed by atoms with Crippen LogP contribution in [0.4, 0.5) is 0 Å². The quantitative estimate of drug-likeness (QED) is 0.489. The van der Waals surface area contributed by atoms with Crippen LogP contribution in [0.1, 0.15) is 26.7 Å². The summed E-state index contributed by atoms with van der Waals surface area (Å²) in [5.74, 6) is 0.682. The molecule has 0 amide bonds. The summed E-state index contributed by atoms with van der Waals surface area (Å²) in [6.45, 7) is 8.94. The zero-order chi connectivity index (χ0) is 9.19. The molecule has 1 heterocycles. The smallest absolute Gasteiger partial charge is 0.0618 e. The van der Waals surface area contributed by atoms with Crippen molar-refractivity contribution >= 4 is 11.6 Å². The maximum Gasteiger partial charge on any atom is 0.0618 e. The monoisotopic (exact) mass is 188 g/mol. The highest BCUT2D eigenvalue weighted by molar-refractivity contribution is 6.18. The molecular weight excluding hydrogens is 172 g/mol. The molecule has 1 aliphatic rings. The standard InChI is InChI=1S/C10H17ClO/c1-8(2)6-10(7-11)4-5-12-9(10)3/h9H,1,4-7H2,2-3H3. The molecule has 2 atom stereocenters. The molecule has 2 unspecified atom stereocenters. The fourth-order valence-electron chi connectivity index (χ4n) is 1.87. The summed E-state index contributed by atoms with van der Waals surface area (Å²) >= 11 is 5.98. The normalized spacial score (nSPS) is 35.4. The lowest BCUT2D eigenvalue weighted by molar-refractivity contribution is 0.0736. The fraction of sp³-hybridized carbons (Fsp3) is 0.800. The number of ether oxygens (including phenoxy) is 1. The molecule has 0 aromatic rings. The predicted octanol–water partition coefficient (Wildman–Crippen LogP) is 2.99. The first-order valence-electron chi connectivity index (χ1n) is 4.43. The molecule has 1 rings (SSSR count). The Hall–Kier alpha value is -0.0100. The third-order valence-electron chi connectivity index (χ3n) is 2.75. The summed E-state index contributed by atoms with van der Waals surface area (Å²) in [5, 5.41) is 0. The number of hydrogen-bond acceptors (Lipinski definition) is 1. The van der Waals surface area contributed by atoms with Crippen LogP contribution in [0, 0.1) is 5.41 Å². The predicted molar refractivity (Wildman–Crippen MR) is 52.6 cm³/mol. The summed E-state index contributed by atoms with van der Waals surface area (Å²) in [7, 11) is 0. The van der Waals surface area contributed by atoms with Crippen molar-refractivity contribution in [2.75, 3.05) is 12.5 Å². The second-order valence-electron chi connectivity index (χ2n) is 3.89. The molecule has 0 saturated carbocycles. The molecule has 12 heavy (non-hydrogen) atoms. The Morgan fingerprint density at radius 1 is 1.75 bits per heavy atom. The van der Waals surface area contributed by atoms with Crippen LogP contribution in [0.25, 0.3) is 0 Å². The lowest BCUT2D eigenvalue weighted by atomic mass is 9.78. The highest BCUT2D eigenvalue weighted by Crippen LogP contribution is 2.41. The van der Waals surface area contributed by atoms with E-state index in [1.807, 2.05) is 0 Å². The van der Waals surface area contributed by atoms with Gasteiger partial charge in [-0.1, -0.05) is 5.57 Å². The van der Waals surface area contributed by atoms with Crippen molar-refractivity contribution in [3.8, 4) is 0 Å². The van der Waals surface area contributed by atoms with Crippen molar-refractivity contribution in [1.82, 2.24) is 0 Å². The van der Waals surface area contributed by atoms with Gasteiger partial charge in [0.1, 0.15) is 0 Å². The summed E-state index contributed by atoms with van der Waals surface area (Å²) in [4.78, 5) is 0. The van der Waals surface area contributed by atoms with E-state index in [1.54, 1.807) is 0 Å². The van der Waals surface area contributed by atoms with Gasteiger partial charge in [-0.25, -0.2) is 0 Å². The molecule has 0 radical (unpaired) electrons. The maximum absolute atomic E-state index is 5.98. The van der Waals surface area contributed by atoms with Crippen molar-refractivity contribution in [2.24, 2.45) is 5.41 Å². The molecule has 2 heteroatoms. The van der Waals surface area contributed by atoms with E-state index in [1.165, 1.54) is 5.57 Å². The van der Waals surface area contributed by atoms with Crippen LogP contribution in [0.3, 0.4) is 0 Å². The number of allylic oxidation sites excluding steroid dienone is 1. The van der Waals surface area contributed by atoms with Gasteiger partial charge in [-0.2, -0.15) is 0 Å². The van der Waals surface area contributed by atoms with E-state index >= 15 is 0 Å². The van der Waals surface area contributed by atoms with Crippen molar-refractivity contribution in [1.29, 1.82) is 0 Å². The highest BCUT2D eigenvalue weighted by Gasteiger charge is 2.40. The van der Waals surface area contributed by atoms with Crippen LogP contribution >= 0.6 is 11.6 Å². The lowest BCUT2D eigenvalue weighted by Gasteiger charge is -2.29. The van der Waals surface area contributed by atoms with E-state index in [-0.39, 0.29) is 11.5 Å². The minimum absolute atomic E-state index is 0.160. The zero-order valence-corrected chi connectivity index (χ0v) is 8.66. The van der Waals surface area contributed by atoms with Crippen molar-refractivity contribution < 1.29 is 4.74 Å². The summed E-state index contributed by atoms with van der Waals surface area (Å²) < 4.78 is 5.54. The summed E-state index contributed by atoms with van der Waals surface area (Å²) in [5.41, 5.74) is 1.36. The Morgan fingerprint density at radius 2 is 2.42 bits per heavy atom. The Labute approximate surface area is 79.7 Å². The van der Waals surface area contributed by atoms with Crippen molar-refractivity contribution in [2.45, 2.75) is 32.8 Å². The van der Waals surface area contributed by atoms with E-state index in [0.29, 0.717) is 5.88 Å². The van der Waals surface area contributed by atoms with Gasteiger partial charge in [-0.15, -0.1) is 18.2 Å². The molecule has 0 aliphatic carbocycles. The van der Waals surface area contributed by atoms with Gasteiger partial charge < -0.3 is 4.74 Å². The molecule has 0 aromatic carbocycles. The molecule has 70 valence electrons. The third kappa shape index (κ3) is 1.83. The van der Waals surface area contributed by atoms with E-state index in [9.17, 15) is 0 Å². The summed E-state index contributed by atoms with van der Waals surface area (Å²) in [6, 6.07) is 0. The second-order valence-corrected chi connectivity index (χ2v) is 4.16. The Balaban J connectivity index is 2.67. The zero-order valence-electron chi connectivity index (χ0n) is 7.90. The molecule has 0 spiro atoms. The minimum atomic E-state index is 0.160. The average Bonchev–Trinajstić information content (AvgIpc) is 2.32. The average molecular weight is 189 g/mol. The topological polar surface area (TPSA) is 9.23 Å². The number of alkyl halides is 1. The largest absolute Gasteiger partial charge is 0.378 e. The van der Waals surface area contributed by atoms with Gasteiger partial charge in [0.05, 0.1) is 6.10 Å². The minimum Gasteiger partial charge on any atom is -0.378 e. The van der Waals surface area contributed by atoms with Crippen LogP contribution in [-0.2, 0) is 4.74 Å². The Morgan fingerprint density at radius 3 is 2.75 bits per heavy atom. The van der Waals surface area contributed by atoms with Gasteiger partial charge >= 0.3 is 0 Å². The van der Waals surface area contributed by atoms with E-state index < -0.39 is 0 Å². The van der Waals surface area contributed by atoms with Gasteiger partial charge in [0.2, 0.25) is 0 Å². The molecule has 0 aromatic heterocycles. The van der Waals surface area contributed by atoms with Crippen LogP contribution < -0.4 is 0 Å². The van der Waals surface area contributed by atoms with E-state index in [2.05, 4.69) is 20.4 Å². The second kappa shape index (κ2) is 3.80. The first kappa shape index (κ1) is 10.1. The molecule has 1 saturated heterocycles. The van der Waals surface area contributed by atoms with Gasteiger partial charge in [-0.05, 0) is 26.7 Å². The van der Waals surface area contributed by atoms with E-state index in [0.717, 1.165) is 19.4 Å². The Bertz CT molecular complexity index is 179. The number of hydrogen-bond donors (Lipinski definition) is 0. The molecule has 0 bridgehead atoms. The molecular formula is C10H17ClO. The highest BCUT2D eigenvalue weighted by atomic mass is 35.5. The van der Waals surface area contributed by atoms with Gasteiger partial charge in [0, 0.05) is 17.9 Å². The fourth-order valence-corrected chi connectivity index (χ4v) is 2.32. The first-order valence-corrected chi connectivity index (χ1v) is 4.96. The number of rotatable bonds is 3. The Kier molecular flexibility index (Phi) is 3.19. The van der Waals surface area contributed by atoms with Crippen LogP contribution in [0.5, 0.6) is 0 Å². The SMILES string of the molecule is C=C(C)CC1(CCl)CCOC1C. The van der Waals surface area contributed by atoms with Gasteiger partial charge in [0.15, 0.2) is 0 Å². The van der Waals surface area contributed by atoms with Crippen molar-refractivity contribution in [3.05, 3.63) is 12.2 Å². The number of halogens is 1. The molecule has 1 fully saturated rings. The maximum atomic E-state index is 5.98. The van der Waals surface area contributed by atoms with Gasteiger partial charge in [0.25, 0.3) is 0 Å². The van der Waals surface area contributed by atoms with E-state index in [4.69, 9.17) is 16.3 Å². The van der Waals surface area contributed by atoms with Crippen LogP contribution in [0.15, 0.2) is 12.2 Å². The molecule has 1 nitrogen and oxygen atoms in total. The first-order chi connectivity index (χ1) is 5.60. The lowest BCUT2D eigenvalue weighted by Crippen LogP contribution is -2.30. The van der Waals surface area contributed by atoms with Crippen LogP contribution in [0.2, 0.25) is 0 Å². The van der Waals surface area contributed by atoms with Crippen LogP contribution in [-0.4, -0.2) is 18.6 Å². The van der Waals surface area contributed by atoms with Gasteiger partial charge in [-0.3, -0.25) is 0 Å². The molecule has 0 N–H and O–H groups in total. The third-order valence-corrected chi connectivity index (χ3v) is 3.28. The van der Waals surface area contributed by atoms with Crippen molar-refractivity contribution in [3.63, 3.8) is 0 Å². The molecule has 1 aliphatic heterocycles. The summed E-state index contributed by atoms with van der Waals surface area (Å²) in [6.07, 6.45) is 2.36.